The highest BCUT2D eigenvalue weighted by Gasteiger charge is 2.05. The Labute approximate surface area is 73.5 Å². The second kappa shape index (κ2) is 3.71. The molecule has 4 nitrogen and oxygen atoms in total. The van der Waals surface area contributed by atoms with E-state index in [4.69, 9.17) is 23.2 Å². The van der Waals surface area contributed by atoms with Crippen molar-refractivity contribution in [3.8, 4) is 0 Å². The van der Waals surface area contributed by atoms with Gasteiger partial charge < -0.3 is 0 Å². The molecule has 0 atom stereocenters. The lowest BCUT2D eigenvalue weighted by molar-refractivity contribution is 0.270. The van der Waals surface area contributed by atoms with Gasteiger partial charge in [0.1, 0.15) is 12.0 Å². The lowest BCUT2D eigenvalue weighted by Crippen LogP contribution is -1.99. The Morgan fingerprint density at radius 2 is 1.91 bits per heavy atom. The van der Waals surface area contributed by atoms with Crippen molar-refractivity contribution in [1.82, 2.24) is 9.97 Å². The minimum absolute atomic E-state index is 0.229. The van der Waals surface area contributed by atoms with Crippen molar-refractivity contribution >= 4 is 28.9 Å². The quantitative estimate of drug-likeness (QED) is 0.575. The molecule has 0 bridgehead atoms. The normalized spacial score (nSPS) is 9.73. The third kappa shape index (κ3) is 1.92. The third-order valence-corrected chi connectivity index (χ3v) is 1.53. The summed E-state index contributed by atoms with van der Waals surface area (Å²) in [6, 6.07) is 0. The number of nitrogens with zero attached hydrogens (tertiary/aromatic N) is 2. The van der Waals surface area contributed by atoms with E-state index in [9.17, 15) is 0 Å². The summed E-state index contributed by atoms with van der Waals surface area (Å²) in [7, 11) is 1.44. The van der Waals surface area contributed by atoms with Crippen LogP contribution < -0.4 is 5.48 Å². The molecule has 1 aromatic rings. The van der Waals surface area contributed by atoms with E-state index in [0.717, 1.165) is 0 Å². The number of rotatable bonds is 2. The number of hydrogen-bond acceptors (Lipinski definition) is 4. The first-order valence-electron chi connectivity index (χ1n) is 2.70. The SMILES string of the molecule is CONc1c(Cl)ncnc1Cl. The highest BCUT2D eigenvalue weighted by atomic mass is 35.5. The molecule has 0 spiro atoms. The van der Waals surface area contributed by atoms with E-state index in [1.807, 2.05) is 0 Å². The molecule has 0 saturated heterocycles. The van der Waals surface area contributed by atoms with Gasteiger partial charge in [-0.05, 0) is 0 Å². The summed E-state index contributed by atoms with van der Waals surface area (Å²) in [6.07, 6.45) is 1.27. The van der Waals surface area contributed by atoms with E-state index in [2.05, 4.69) is 20.3 Å². The zero-order chi connectivity index (χ0) is 8.27. The molecule has 1 heterocycles. The molecule has 6 heteroatoms. The fourth-order valence-electron chi connectivity index (χ4n) is 0.531. The Hall–Kier alpha value is -0.580. The molecule has 0 fully saturated rings. The maximum atomic E-state index is 5.63. The fourth-order valence-corrected chi connectivity index (χ4v) is 0.923. The molecule has 0 aliphatic rings. The van der Waals surface area contributed by atoms with E-state index < -0.39 is 0 Å². The van der Waals surface area contributed by atoms with Crippen molar-refractivity contribution in [2.45, 2.75) is 0 Å². The van der Waals surface area contributed by atoms with Gasteiger partial charge >= 0.3 is 0 Å². The van der Waals surface area contributed by atoms with Crippen LogP contribution in [0, 0.1) is 0 Å². The van der Waals surface area contributed by atoms with Gasteiger partial charge in [-0.3, -0.25) is 10.3 Å². The van der Waals surface area contributed by atoms with Gasteiger partial charge in [-0.25, -0.2) is 9.97 Å². The van der Waals surface area contributed by atoms with Crippen LogP contribution >= 0.6 is 23.2 Å². The summed E-state index contributed by atoms with van der Waals surface area (Å²) in [5, 5.41) is 0.457. The van der Waals surface area contributed by atoms with Gasteiger partial charge in [0.2, 0.25) is 0 Å². The van der Waals surface area contributed by atoms with Crippen LogP contribution in [-0.4, -0.2) is 17.1 Å². The highest BCUT2D eigenvalue weighted by molar-refractivity contribution is 6.37. The van der Waals surface area contributed by atoms with Gasteiger partial charge in [0.15, 0.2) is 10.3 Å². The first-order chi connectivity index (χ1) is 5.25. The lowest BCUT2D eigenvalue weighted by Gasteiger charge is -2.04. The van der Waals surface area contributed by atoms with Crippen molar-refractivity contribution in [3.05, 3.63) is 16.6 Å². The Kier molecular flexibility index (Phi) is 2.87. The van der Waals surface area contributed by atoms with Crippen LogP contribution in [0.4, 0.5) is 5.69 Å². The molecule has 1 N–H and O–H groups in total. The second-order valence-electron chi connectivity index (χ2n) is 1.64. The number of aromatic nitrogens is 2. The van der Waals surface area contributed by atoms with Crippen LogP contribution in [0.2, 0.25) is 10.3 Å². The van der Waals surface area contributed by atoms with E-state index in [1.165, 1.54) is 13.4 Å². The number of halogens is 2. The summed E-state index contributed by atoms with van der Waals surface area (Å²) in [4.78, 5) is 12.0. The van der Waals surface area contributed by atoms with Crippen LogP contribution in [-0.2, 0) is 4.84 Å². The molecule has 0 saturated carbocycles. The van der Waals surface area contributed by atoms with Crippen LogP contribution in [0.25, 0.3) is 0 Å². The number of nitrogens with one attached hydrogen (secondary N) is 1. The molecular weight excluding hydrogens is 189 g/mol. The van der Waals surface area contributed by atoms with Crippen LogP contribution in [0.1, 0.15) is 0 Å². The zero-order valence-corrected chi connectivity index (χ0v) is 7.15. The molecule has 11 heavy (non-hydrogen) atoms. The van der Waals surface area contributed by atoms with Gasteiger partial charge in [0, 0.05) is 0 Å². The van der Waals surface area contributed by atoms with Crippen LogP contribution in [0.5, 0.6) is 0 Å². The van der Waals surface area contributed by atoms with Gasteiger partial charge in [0.25, 0.3) is 0 Å². The molecular formula is C5H5Cl2N3O. The molecule has 0 amide bonds. The molecule has 60 valence electrons. The average Bonchev–Trinajstić information content (AvgIpc) is 1.97. The Morgan fingerprint density at radius 3 is 2.36 bits per heavy atom. The first kappa shape index (κ1) is 8.52. The summed E-state index contributed by atoms with van der Waals surface area (Å²) >= 11 is 11.3. The van der Waals surface area contributed by atoms with Gasteiger partial charge in [-0.15, -0.1) is 0 Å². The average molecular weight is 194 g/mol. The van der Waals surface area contributed by atoms with Gasteiger partial charge in [-0.1, -0.05) is 23.2 Å². The maximum absolute atomic E-state index is 5.63. The summed E-state index contributed by atoms with van der Waals surface area (Å²) in [5.41, 5.74) is 2.83. The molecule has 0 unspecified atom stereocenters. The molecule has 0 radical (unpaired) electrons. The topological polar surface area (TPSA) is 47.0 Å². The van der Waals surface area contributed by atoms with Crippen LogP contribution in [0.3, 0.4) is 0 Å². The fraction of sp³-hybridized carbons (Fsp3) is 0.200. The predicted molar refractivity (Wildman–Crippen MR) is 42.7 cm³/mol. The molecule has 1 aromatic heterocycles. The number of anilines is 1. The Balaban J connectivity index is 3.00. The van der Waals surface area contributed by atoms with Crippen molar-refractivity contribution < 1.29 is 4.84 Å². The molecule has 0 aliphatic heterocycles. The Morgan fingerprint density at radius 1 is 1.36 bits per heavy atom. The standard InChI is InChI=1S/C5H5Cl2N3O/c1-11-10-3-4(6)8-2-9-5(3)7/h2,10H,1H3. The van der Waals surface area contributed by atoms with Gasteiger partial charge in [-0.2, -0.15) is 0 Å². The van der Waals surface area contributed by atoms with E-state index in [1.54, 1.807) is 0 Å². The number of hydrogen-bond donors (Lipinski definition) is 1. The van der Waals surface area contributed by atoms with E-state index >= 15 is 0 Å². The monoisotopic (exact) mass is 193 g/mol. The molecule has 0 aliphatic carbocycles. The third-order valence-electron chi connectivity index (χ3n) is 0.959. The minimum Gasteiger partial charge on any atom is -0.279 e. The highest BCUT2D eigenvalue weighted by Crippen LogP contribution is 2.24. The van der Waals surface area contributed by atoms with Crippen LogP contribution in [0.15, 0.2) is 6.33 Å². The van der Waals surface area contributed by atoms with Crippen molar-refractivity contribution in [3.63, 3.8) is 0 Å². The zero-order valence-electron chi connectivity index (χ0n) is 5.64. The Bertz CT molecular complexity index is 235. The minimum atomic E-state index is 0.229. The largest absolute Gasteiger partial charge is 0.279 e. The summed E-state index contributed by atoms with van der Waals surface area (Å²) in [5.74, 6) is 0. The molecule has 1 rings (SSSR count). The van der Waals surface area contributed by atoms with Crippen molar-refractivity contribution in [1.29, 1.82) is 0 Å². The van der Waals surface area contributed by atoms with Crippen molar-refractivity contribution in [2.75, 3.05) is 12.6 Å². The first-order valence-corrected chi connectivity index (χ1v) is 3.46. The smallest absolute Gasteiger partial charge is 0.159 e. The summed E-state index contributed by atoms with van der Waals surface area (Å²) in [6.45, 7) is 0. The van der Waals surface area contributed by atoms with E-state index in [0.29, 0.717) is 5.69 Å². The van der Waals surface area contributed by atoms with Crippen molar-refractivity contribution in [2.24, 2.45) is 0 Å². The van der Waals surface area contributed by atoms with Gasteiger partial charge in [0.05, 0.1) is 7.11 Å². The predicted octanol–water partition coefficient (Wildman–Crippen LogP) is 1.76. The lowest BCUT2D eigenvalue weighted by atomic mass is 10.6. The second-order valence-corrected chi connectivity index (χ2v) is 2.35. The van der Waals surface area contributed by atoms with E-state index in [-0.39, 0.29) is 10.3 Å². The maximum Gasteiger partial charge on any atom is 0.159 e. The summed E-state index contributed by atoms with van der Waals surface area (Å²) < 4.78 is 0. The molecule has 0 aromatic carbocycles.